The fourth-order valence-electron chi connectivity index (χ4n) is 7.38. The lowest BCUT2D eigenvalue weighted by Gasteiger charge is -2.31. The first-order valence-corrected chi connectivity index (χ1v) is 18.0. The molecule has 0 spiro atoms. The molecule has 0 fully saturated rings. The number of aromatic nitrogens is 3. The zero-order chi connectivity index (χ0) is 37.9. The highest BCUT2D eigenvalue weighted by molar-refractivity contribution is 6.09. The molecule has 6 nitrogen and oxygen atoms in total. The monoisotopic (exact) mass is 678 g/mol. The smallest absolute Gasteiger partial charge is 0.237 e. The Bertz CT molecular complexity index is 2490. The van der Waals surface area contributed by atoms with Crippen LogP contribution in [0.5, 0.6) is 11.5 Å². The molecule has 2 aliphatic rings. The fraction of sp³-hybridized carbons (Fsp3) is 0.356. The highest BCUT2D eigenvalue weighted by Gasteiger charge is 2.58. The Kier molecular flexibility index (Phi) is 6.81. The first-order chi connectivity index (χ1) is 24.8. The summed E-state index contributed by atoms with van der Waals surface area (Å²) in [5, 5.41) is 2.29. The zero-order valence-electron chi connectivity index (χ0n) is 33.3. The van der Waals surface area contributed by atoms with E-state index >= 15 is 0 Å². The van der Waals surface area contributed by atoms with Crippen molar-refractivity contribution < 1.29 is 12.2 Å². The van der Waals surface area contributed by atoms with Crippen LogP contribution in [0, 0.1) is 0 Å². The number of nitrogens with zero attached hydrogens (tertiary/aromatic N) is 4. The summed E-state index contributed by atoms with van der Waals surface area (Å²) in [5.74, 6) is 2.55. The lowest BCUT2D eigenvalue weighted by atomic mass is 9.84. The van der Waals surface area contributed by atoms with Gasteiger partial charge >= 0.3 is 0 Å². The summed E-state index contributed by atoms with van der Waals surface area (Å²) in [4.78, 5) is 14.9. The van der Waals surface area contributed by atoms with Crippen LogP contribution < -0.4 is 4.74 Å². The van der Waals surface area contributed by atoms with E-state index in [1.54, 1.807) is 0 Å². The van der Waals surface area contributed by atoms with Gasteiger partial charge in [0.05, 0.1) is 11.0 Å². The predicted octanol–water partition coefficient (Wildman–Crippen LogP) is 11.1. The summed E-state index contributed by atoms with van der Waals surface area (Å²) in [7, 11) is 0. The second-order valence-corrected chi connectivity index (χ2v) is 16.8. The van der Waals surface area contributed by atoms with E-state index in [4.69, 9.17) is 27.2 Å². The van der Waals surface area contributed by atoms with Crippen molar-refractivity contribution in [1.29, 1.82) is 0 Å². The average Bonchev–Trinajstić information content (AvgIpc) is 3.62. The van der Waals surface area contributed by atoms with E-state index in [0.29, 0.717) is 28.7 Å². The minimum absolute atomic E-state index is 0.00370. The molecule has 6 heteroatoms. The van der Waals surface area contributed by atoms with Crippen LogP contribution in [-0.2, 0) is 27.5 Å². The van der Waals surface area contributed by atoms with Gasteiger partial charge in [0.1, 0.15) is 34.2 Å². The van der Waals surface area contributed by atoms with Crippen molar-refractivity contribution in [3.63, 3.8) is 0 Å². The summed E-state index contributed by atoms with van der Waals surface area (Å²) in [6.07, 6.45) is 0.137. The molecule has 0 amide bonds. The molecule has 0 radical (unpaired) electrons. The van der Waals surface area contributed by atoms with Gasteiger partial charge < -0.3 is 9.47 Å². The quantitative estimate of drug-likeness (QED) is 0.182. The molecule has 2 atom stereocenters. The third-order valence-corrected chi connectivity index (χ3v) is 10.7. The molecule has 0 saturated heterocycles. The van der Waals surface area contributed by atoms with Crippen molar-refractivity contribution >= 4 is 27.7 Å². The number of pyridine rings is 2. The van der Waals surface area contributed by atoms with E-state index in [1.165, 1.54) is 16.5 Å². The van der Waals surface area contributed by atoms with Gasteiger partial charge in [-0.1, -0.05) is 85.7 Å². The lowest BCUT2D eigenvalue weighted by Crippen LogP contribution is -2.41. The van der Waals surface area contributed by atoms with Crippen LogP contribution in [0.2, 0.25) is 0 Å². The number of hydrogen-bond acceptors (Lipinski definition) is 5. The Morgan fingerprint density at radius 1 is 0.804 bits per heavy atom. The number of hydrogen-bond donors (Lipinski definition) is 0. The third-order valence-electron chi connectivity index (χ3n) is 10.7. The molecule has 0 unspecified atom stereocenters. The molecule has 3 aromatic carbocycles. The Morgan fingerprint density at radius 3 is 2.29 bits per heavy atom. The largest absolute Gasteiger partial charge is 0.467 e. The van der Waals surface area contributed by atoms with Crippen molar-refractivity contribution in [2.24, 2.45) is 4.99 Å². The van der Waals surface area contributed by atoms with E-state index < -0.39 is 17.5 Å². The summed E-state index contributed by atoms with van der Waals surface area (Å²) in [6.45, 7) is 21.3. The normalized spacial score (nSPS) is 21.7. The van der Waals surface area contributed by atoms with Gasteiger partial charge in [-0.3, -0.25) is 4.57 Å². The predicted molar refractivity (Wildman–Crippen MR) is 208 cm³/mol. The van der Waals surface area contributed by atoms with E-state index in [1.807, 2.05) is 62.5 Å². The van der Waals surface area contributed by atoms with Crippen LogP contribution in [0.4, 0.5) is 0 Å². The molecule has 3 aromatic heterocycles. The molecular weight excluding hydrogens is 629 g/mol. The molecule has 260 valence electrons. The van der Waals surface area contributed by atoms with Gasteiger partial charge in [0.2, 0.25) is 5.90 Å². The minimum Gasteiger partial charge on any atom is -0.467 e. The summed E-state index contributed by atoms with van der Waals surface area (Å²) in [5.41, 5.74) is 5.14. The van der Waals surface area contributed by atoms with Crippen molar-refractivity contribution in [2.75, 3.05) is 0 Å². The number of fused-ring (bicyclic) bond motifs is 6. The maximum atomic E-state index is 9.16. The minimum atomic E-state index is -1.76. The number of ether oxygens (including phenoxy) is 2. The Morgan fingerprint density at radius 2 is 1.55 bits per heavy atom. The molecule has 1 aliphatic heterocycles. The Hall–Kier alpha value is -4.97. The Balaban J connectivity index is 1.25. The van der Waals surface area contributed by atoms with Crippen molar-refractivity contribution in [3.05, 3.63) is 125 Å². The molecule has 4 heterocycles. The maximum absolute atomic E-state index is 9.16. The molecule has 1 aliphatic carbocycles. The molecule has 0 N–H and O–H groups in total. The molecule has 6 aromatic rings. The van der Waals surface area contributed by atoms with Crippen LogP contribution in [-0.4, -0.2) is 26.0 Å². The van der Waals surface area contributed by atoms with Crippen LogP contribution in [0.25, 0.3) is 27.6 Å². The second-order valence-electron chi connectivity index (χ2n) is 16.8. The van der Waals surface area contributed by atoms with Gasteiger partial charge in [-0.2, -0.15) is 0 Å². The van der Waals surface area contributed by atoms with Gasteiger partial charge in [-0.15, -0.1) is 0 Å². The zero-order valence-corrected chi connectivity index (χ0v) is 31.3. The maximum Gasteiger partial charge on any atom is 0.237 e. The molecule has 8 rings (SSSR count). The van der Waals surface area contributed by atoms with Crippen LogP contribution in [0.1, 0.15) is 112 Å². The highest BCUT2D eigenvalue weighted by Crippen LogP contribution is 2.53. The van der Waals surface area contributed by atoms with Crippen LogP contribution >= 0.6 is 0 Å². The molecule has 0 bridgehead atoms. The molecule has 0 saturated carbocycles. The first-order valence-electron chi connectivity index (χ1n) is 19.0. The summed E-state index contributed by atoms with van der Waals surface area (Å²) >= 11 is 0. The van der Waals surface area contributed by atoms with Gasteiger partial charge in [0, 0.05) is 50.0 Å². The first kappa shape index (κ1) is 30.8. The average molecular weight is 679 g/mol. The SMILES string of the molecule is [2H]C1([2H])c2ccccc2[C@@]2(C)N=C(c3cc(Oc4ccc5c6cc(C(C)(C)C)ccc6n(-c6cc(C(C)(C)C)ccn6)c5c4)cc(C(C)C)n3)O[C@@]12C. The van der Waals surface area contributed by atoms with Gasteiger partial charge in [0.25, 0.3) is 0 Å². The number of benzene rings is 3. The summed E-state index contributed by atoms with van der Waals surface area (Å²) in [6, 6.07) is 28.7. The highest BCUT2D eigenvalue weighted by atomic mass is 16.5. The van der Waals surface area contributed by atoms with E-state index in [0.717, 1.165) is 33.5 Å². The Labute approximate surface area is 304 Å². The molecule has 51 heavy (non-hydrogen) atoms. The molecular formula is C45H48N4O2. The van der Waals surface area contributed by atoms with Gasteiger partial charge in [-0.25, -0.2) is 15.0 Å². The van der Waals surface area contributed by atoms with E-state index in [-0.39, 0.29) is 16.7 Å². The van der Waals surface area contributed by atoms with Crippen LogP contribution in [0.3, 0.4) is 0 Å². The second kappa shape index (κ2) is 11.3. The summed E-state index contributed by atoms with van der Waals surface area (Å²) < 4.78 is 33.8. The van der Waals surface area contributed by atoms with Crippen molar-refractivity contribution in [2.45, 2.75) is 103 Å². The van der Waals surface area contributed by atoms with Crippen molar-refractivity contribution in [1.82, 2.24) is 14.5 Å². The van der Waals surface area contributed by atoms with E-state index in [2.05, 4.69) is 102 Å². The van der Waals surface area contributed by atoms with E-state index in [9.17, 15) is 0 Å². The lowest BCUT2D eigenvalue weighted by molar-refractivity contribution is 0.0474. The van der Waals surface area contributed by atoms with Gasteiger partial charge in [0.15, 0.2) is 0 Å². The number of aliphatic imine (C=N–C) groups is 1. The third kappa shape index (κ3) is 5.42. The van der Waals surface area contributed by atoms with Crippen molar-refractivity contribution in [3.8, 4) is 17.3 Å². The van der Waals surface area contributed by atoms with Crippen LogP contribution in [0.15, 0.2) is 96.1 Å². The topological polar surface area (TPSA) is 61.5 Å². The van der Waals surface area contributed by atoms with Gasteiger partial charge in [-0.05, 0) is 89.2 Å². The standard InChI is InChI=1S/C45H48N4O2/c1-27(2)36-23-32(24-37(47-36)41-48-45(10)35-14-12-11-13-28(35)26-44(45,9)51-41)50-31-16-17-33-34-21-29(42(3,4)5)15-18-38(34)49(39(33)25-31)40-22-30(19-20-46-40)43(6,7)8/h11-25,27H,26H2,1-10H3/t44-,45+/m0/s1/i26D2. The number of rotatable bonds is 5. The fourth-order valence-corrected chi connectivity index (χ4v) is 7.38.